The maximum atomic E-state index is 13.0. The summed E-state index contributed by atoms with van der Waals surface area (Å²) in [5.74, 6) is -0.149. The van der Waals surface area contributed by atoms with E-state index in [4.69, 9.17) is 5.73 Å². The molecule has 0 heterocycles. The molecule has 1 aliphatic rings. The number of nitrogens with one attached hydrogen (secondary N) is 1. The second-order valence-electron chi connectivity index (χ2n) is 4.38. The van der Waals surface area contributed by atoms with Gasteiger partial charge in [-0.15, -0.1) is 0 Å². The van der Waals surface area contributed by atoms with Gasteiger partial charge < -0.3 is 11.1 Å². The Bertz CT molecular complexity index is 351. The van der Waals surface area contributed by atoms with Crippen molar-refractivity contribution in [1.29, 1.82) is 0 Å². The lowest BCUT2D eigenvalue weighted by Gasteiger charge is -2.14. The van der Waals surface area contributed by atoms with Crippen molar-refractivity contribution in [2.45, 2.75) is 38.3 Å². The van der Waals surface area contributed by atoms with Crippen LogP contribution >= 0.6 is 0 Å². The number of benzene rings is 1. The summed E-state index contributed by atoms with van der Waals surface area (Å²) in [6.07, 6.45) is 3.20. The van der Waals surface area contributed by atoms with Gasteiger partial charge in [-0.25, -0.2) is 4.39 Å². The molecule has 1 aliphatic carbocycles. The highest BCUT2D eigenvalue weighted by Crippen LogP contribution is 2.22. The normalized spacial score (nSPS) is 25.5. The molecule has 0 spiro atoms. The van der Waals surface area contributed by atoms with Crippen LogP contribution in [0.1, 0.15) is 24.8 Å². The van der Waals surface area contributed by atoms with Crippen LogP contribution in [0.3, 0.4) is 0 Å². The minimum Gasteiger partial charge on any atom is -0.382 e. The van der Waals surface area contributed by atoms with Gasteiger partial charge in [0.15, 0.2) is 0 Å². The summed E-state index contributed by atoms with van der Waals surface area (Å²) in [4.78, 5) is 0. The fourth-order valence-corrected chi connectivity index (χ4v) is 2.12. The number of anilines is 1. The molecule has 2 nitrogen and oxygen atoms in total. The van der Waals surface area contributed by atoms with Crippen LogP contribution < -0.4 is 11.1 Å². The van der Waals surface area contributed by atoms with Crippen molar-refractivity contribution in [2.24, 2.45) is 5.73 Å². The fraction of sp³-hybridized carbons (Fsp3) is 0.500. The Kier molecular flexibility index (Phi) is 2.91. The molecule has 0 saturated heterocycles. The summed E-state index contributed by atoms with van der Waals surface area (Å²) in [5, 5.41) is 3.39. The summed E-state index contributed by atoms with van der Waals surface area (Å²) < 4.78 is 13.0. The van der Waals surface area contributed by atoms with Gasteiger partial charge in [0.1, 0.15) is 5.82 Å². The second-order valence-corrected chi connectivity index (χ2v) is 4.38. The van der Waals surface area contributed by atoms with E-state index < -0.39 is 0 Å². The van der Waals surface area contributed by atoms with E-state index in [0.717, 1.165) is 24.9 Å². The molecule has 1 fully saturated rings. The molecule has 0 aliphatic heterocycles. The molecule has 2 atom stereocenters. The number of hydrogen-bond acceptors (Lipinski definition) is 2. The molecular weight excluding hydrogens is 191 g/mol. The van der Waals surface area contributed by atoms with Gasteiger partial charge in [-0.3, -0.25) is 0 Å². The quantitative estimate of drug-likeness (QED) is 0.783. The highest BCUT2D eigenvalue weighted by atomic mass is 19.1. The third-order valence-corrected chi connectivity index (χ3v) is 3.00. The van der Waals surface area contributed by atoms with Crippen LogP contribution in [-0.4, -0.2) is 12.1 Å². The maximum Gasteiger partial charge on any atom is 0.126 e. The lowest BCUT2D eigenvalue weighted by atomic mass is 10.2. The molecule has 15 heavy (non-hydrogen) atoms. The zero-order valence-corrected chi connectivity index (χ0v) is 8.96. The van der Waals surface area contributed by atoms with Gasteiger partial charge in [-0.2, -0.15) is 0 Å². The number of halogens is 1. The average Bonchev–Trinajstić information content (AvgIpc) is 2.58. The van der Waals surface area contributed by atoms with E-state index in [1.165, 1.54) is 6.07 Å². The van der Waals surface area contributed by atoms with Crippen molar-refractivity contribution in [3.8, 4) is 0 Å². The van der Waals surface area contributed by atoms with E-state index in [9.17, 15) is 4.39 Å². The Morgan fingerprint density at radius 1 is 1.40 bits per heavy atom. The van der Waals surface area contributed by atoms with E-state index in [2.05, 4.69) is 5.32 Å². The van der Waals surface area contributed by atoms with Crippen LogP contribution in [0.4, 0.5) is 10.1 Å². The average molecular weight is 208 g/mol. The molecule has 1 saturated carbocycles. The summed E-state index contributed by atoms with van der Waals surface area (Å²) in [5.41, 5.74) is 7.51. The van der Waals surface area contributed by atoms with Crippen molar-refractivity contribution < 1.29 is 4.39 Å². The molecule has 82 valence electrons. The standard InChI is InChI=1S/C12H17FN2/c1-8-6-10(4-5-12(8)13)15-11-3-2-9(14)7-11/h4-6,9,11,15H,2-3,7,14H2,1H3. The zero-order chi connectivity index (χ0) is 10.8. The van der Waals surface area contributed by atoms with Crippen molar-refractivity contribution in [3.05, 3.63) is 29.6 Å². The molecule has 0 bridgehead atoms. The van der Waals surface area contributed by atoms with Crippen molar-refractivity contribution >= 4 is 5.69 Å². The van der Waals surface area contributed by atoms with Gasteiger partial charge in [0.05, 0.1) is 0 Å². The van der Waals surface area contributed by atoms with E-state index in [1.54, 1.807) is 13.0 Å². The van der Waals surface area contributed by atoms with E-state index in [-0.39, 0.29) is 5.82 Å². The number of rotatable bonds is 2. The molecule has 3 heteroatoms. The van der Waals surface area contributed by atoms with E-state index >= 15 is 0 Å². The molecule has 0 radical (unpaired) electrons. The van der Waals surface area contributed by atoms with Gasteiger partial charge in [0.2, 0.25) is 0 Å². The predicted molar refractivity (Wildman–Crippen MR) is 60.4 cm³/mol. The largest absolute Gasteiger partial charge is 0.382 e. The summed E-state index contributed by atoms with van der Waals surface area (Å²) in [6, 6.07) is 5.91. The van der Waals surface area contributed by atoms with Gasteiger partial charge >= 0.3 is 0 Å². The molecule has 3 N–H and O–H groups in total. The van der Waals surface area contributed by atoms with Crippen molar-refractivity contribution in [2.75, 3.05) is 5.32 Å². The first-order valence-electron chi connectivity index (χ1n) is 5.43. The lowest BCUT2D eigenvalue weighted by molar-refractivity contribution is 0.618. The first-order chi connectivity index (χ1) is 7.15. The molecule has 0 aromatic heterocycles. The van der Waals surface area contributed by atoms with Crippen LogP contribution in [0, 0.1) is 12.7 Å². The van der Waals surface area contributed by atoms with E-state index in [0.29, 0.717) is 17.6 Å². The van der Waals surface area contributed by atoms with Crippen LogP contribution in [0.5, 0.6) is 0 Å². The summed E-state index contributed by atoms with van der Waals surface area (Å²) in [6.45, 7) is 1.78. The molecule has 2 unspecified atom stereocenters. The summed E-state index contributed by atoms with van der Waals surface area (Å²) >= 11 is 0. The number of hydrogen-bond donors (Lipinski definition) is 2. The van der Waals surface area contributed by atoms with Crippen molar-refractivity contribution in [1.82, 2.24) is 0 Å². The Hall–Kier alpha value is -1.09. The Labute approximate surface area is 89.7 Å². The van der Waals surface area contributed by atoms with Gasteiger partial charge in [-0.1, -0.05) is 0 Å². The molecule has 1 aromatic carbocycles. The minimum absolute atomic E-state index is 0.149. The highest BCUT2D eigenvalue weighted by Gasteiger charge is 2.21. The van der Waals surface area contributed by atoms with Crippen LogP contribution in [0.25, 0.3) is 0 Å². The van der Waals surface area contributed by atoms with Gasteiger partial charge in [0, 0.05) is 17.8 Å². The van der Waals surface area contributed by atoms with Crippen LogP contribution in [0.2, 0.25) is 0 Å². The van der Waals surface area contributed by atoms with Crippen LogP contribution in [-0.2, 0) is 0 Å². The Morgan fingerprint density at radius 2 is 2.20 bits per heavy atom. The maximum absolute atomic E-state index is 13.0. The molecule has 0 amide bonds. The third-order valence-electron chi connectivity index (χ3n) is 3.00. The molecular formula is C12H17FN2. The van der Waals surface area contributed by atoms with Gasteiger partial charge in [0.25, 0.3) is 0 Å². The predicted octanol–water partition coefficient (Wildman–Crippen LogP) is 2.43. The van der Waals surface area contributed by atoms with Gasteiger partial charge in [-0.05, 0) is 49.9 Å². The Morgan fingerprint density at radius 3 is 2.80 bits per heavy atom. The first-order valence-corrected chi connectivity index (χ1v) is 5.43. The topological polar surface area (TPSA) is 38.0 Å². The number of nitrogens with two attached hydrogens (primary N) is 1. The highest BCUT2D eigenvalue weighted by molar-refractivity contribution is 5.46. The third kappa shape index (κ3) is 2.48. The zero-order valence-electron chi connectivity index (χ0n) is 8.96. The minimum atomic E-state index is -0.149. The molecule has 2 rings (SSSR count). The van der Waals surface area contributed by atoms with Crippen LogP contribution in [0.15, 0.2) is 18.2 Å². The number of aryl methyl sites for hydroxylation is 1. The second kappa shape index (κ2) is 4.19. The smallest absolute Gasteiger partial charge is 0.126 e. The van der Waals surface area contributed by atoms with Crippen molar-refractivity contribution in [3.63, 3.8) is 0 Å². The molecule has 1 aromatic rings. The van der Waals surface area contributed by atoms with E-state index in [1.807, 2.05) is 6.07 Å². The monoisotopic (exact) mass is 208 g/mol. The SMILES string of the molecule is Cc1cc(NC2CCC(N)C2)ccc1F. The Balaban J connectivity index is 2.02. The summed E-state index contributed by atoms with van der Waals surface area (Å²) in [7, 11) is 0. The first kappa shape index (κ1) is 10.4. The fourth-order valence-electron chi connectivity index (χ4n) is 2.12. The lowest BCUT2D eigenvalue weighted by Crippen LogP contribution is -2.20.